The van der Waals surface area contributed by atoms with Gasteiger partial charge in [-0.15, -0.1) is 0 Å². The van der Waals surface area contributed by atoms with Crippen molar-refractivity contribution in [3.8, 4) is 0 Å². The lowest BCUT2D eigenvalue weighted by Crippen LogP contribution is -2.35. The van der Waals surface area contributed by atoms with E-state index in [0.29, 0.717) is 23.8 Å². The zero-order valence-electron chi connectivity index (χ0n) is 14.2. The molecule has 7 nitrogen and oxygen atoms in total. The van der Waals surface area contributed by atoms with E-state index in [9.17, 15) is 13.2 Å². The largest absolute Gasteiger partial charge is 0.356 e. The van der Waals surface area contributed by atoms with Crippen LogP contribution >= 0.6 is 0 Å². The van der Waals surface area contributed by atoms with Gasteiger partial charge in [0.2, 0.25) is 0 Å². The molecule has 0 aromatic carbocycles. The maximum absolute atomic E-state index is 12.4. The highest BCUT2D eigenvalue weighted by Crippen LogP contribution is 2.22. The van der Waals surface area contributed by atoms with Gasteiger partial charge in [-0.3, -0.25) is 4.79 Å². The molecule has 1 unspecified atom stereocenters. The monoisotopic (exact) mass is 352 g/mol. The highest BCUT2D eigenvalue weighted by atomic mass is 32.2. The van der Waals surface area contributed by atoms with Crippen molar-refractivity contribution in [2.24, 2.45) is 0 Å². The fourth-order valence-electron chi connectivity index (χ4n) is 3.45. The summed E-state index contributed by atoms with van der Waals surface area (Å²) < 4.78 is 23.4. The number of amides is 1. The quantitative estimate of drug-likeness (QED) is 0.872. The second kappa shape index (κ2) is 6.66. The summed E-state index contributed by atoms with van der Waals surface area (Å²) in [6.07, 6.45) is 4.92. The molecule has 1 aliphatic heterocycles. The van der Waals surface area contributed by atoms with E-state index in [1.54, 1.807) is 13.0 Å². The molecule has 24 heavy (non-hydrogen) atoms. The minimum absolute atomic E-state index is 0.102. The molecule has 1 saturated carbocycles. The standard InChI is InChI=1S/C16H24N4O3S/c1-11-17-14(16(21)19-12-5-3-4-6-12)9-15(18-11)20(2)13-7-8-24(22,23)10-13/h9,12-13H,3-8,10H2,1-2H3,(H,19,21). The Labute approximate surface area is 142 Å². The summed E-state index contributed by atoms with van der Waals surface area (Å²) in [5.74, 6) is 1.27. The number of carbonyl (C=O) groups is 1. The Morgan fingerprint density at radius 3 is 2.58 bits per heavy atom. The third-order valence-electron chi connectivity index (χ3n) is 4.86. The SMILES string of the molecule is Cc1nc(C(=O)NC2CCCC2)cc(N(C)C2CCS(=O)(=O)C2)n1. The number of hydrogen-bond acceptors (Lipinski definition) is 6. The van der Waals surface area contributed by atoms with Crippen LogP contribution in [-0.2, 0) is 9.84 Å². The normalized spacial score (nSPS) is 23.3. The Hall–Kier alpha value is -1.70. The van der Waals surface area contributed by atoms with Crippen LogP contribution in [0.3, 0.4) is 0 Å². The second-order valence-electron chi connectivity index (χ2n) is 6.78. The van der Waals surface area contributed by atoms with E-state index in [2.05, 4.69) is 15.3 Å². The molecule has 1 aromatic heterocycles. The maximum Gasteiger partial charge on any atom is 0.270 e. The molecule has 2 fully saturated rings. The number of aryl methyl sites for hydroxylation is 1. The summed E-state index contributed by atoms with van der Waals surface area (Å²) in [6, 6.07) is 1.78. The Morgan fingerprint density at radius 1 is 1.25 bits per heavy atom. The Balaban J connectivity index is 1.76. The van der Waals surface area contributed by atoms with Crippen molar-refractivity contribution in [2.45, 2.75) is 51.1 Å². The van der Waals surface area contributed by atoms with E-state index in [0.717, 1.165) is 25.7 Å². The van der Waals surface area contributed by atoms with Crippen molar-refractivity contribution in [1.29, 1.82) is 0 Å². The van der Waals surface area contributed by atoms with E-state index >= 15 is 0 Å². The number of rotatable bonds is 4. The first kappa shape index (κ1) is 17.1. The van der Waals surface area contributed by atoms with E-state index in [4.69, 9.17) is 0 Å². The number of nitrogens with zero attached hydrogens (tertiary/aromatic N) is 3. The van der Waals surface area contributed by atoms with Crippen molar-refractivity contribution in [3.63, 3.8) is 0 Å². The fraction of sp³-hybridized carbons (Fsp3) is 0.688. The van der Waals surface area contributed by atoms with Crippen LogP contribution in [0.4, 0.5) is 5.82 Å². The number of nitrogens with one attached hydrogen (secondary N) is 1. The van der Waals surface area contributed by atoms with Gasteiger partial charge in [-0.25, -0.2) is 18.4 Å². The number of carbonyl (C=O) groups excluding carboxylic acids is 1. The average molecular weight is 352 g/mol. The molecule has 0 radical (unpaired) electrons. The van der Waals surface area contributed by atoms with Crippen LogP contribution < -0.4 is 10.2 Å². The van der Waals surface area contributed by atoms with Gasteiger partial charge in [0.1, 0.15) is 17.3 Å². The summed E-state index contributed by atoms with van der Waals surface area (Å²) in [6.45, 7) is 1.75. The molecule has 132 valence electrons. The van der Waals surface area contributed by atoms with Gasteiger partial charge >= 0.3 is 0 Å². The molecule has 1 aliphatic carbocycles. The van der Waals surface area contributed by atoms with Crippen molar-refractivity contribution in [3.05, 3.63) is 17.6 Å². The first-order valence-corrected chi connectivity index (χ1v) is 10.3. The molecule has 0 spiro atoms. The third-order valence-corrected chi connectivity index (χ3v) is 6.62. The van der Waals surface area contributed by atoms with Crippen LogP contribution in [0.25, 0.3) is 0 Å². The Morgan fingerprint density at radius 2 is 1.96 bits per heavy atom. The number of hydrogen-bond donors (Lipinski definition) is 1. The third kappa shape index (κ3) is 3.85. The van der Waals surface area contributed by atoms with Crippen LogP contribution in [0, 0.1) is 6.92 Å². The molecule has 1 N–H and O–H groups in total. The topological polar surface area (TPSA) is 92.3 Å². The maximum atomic E-state index is 12.4. The average Bonchev–Trinajstić information content (AvgIpc) is 3.15. The molecule has 1 aromatic rings. The van der Waals surface area contributed by atoms with Crippen molar-refractivity contribution in [1.82, 2.24) is 15.3 Å². The summed E-state index contributed by atoms with van der Waals surface area (Å²) in [4.78, 5) is 22.9. The van der Waals surface area contributed by atoms with E-state index < -0.39 is 9.84 Å². The molecule has 1 atom stereocenters. The summed E-state index contributed by atoms with van der Waals surface area (Å²) in [5, 5.41) is 3.03. The van der Waals surface area contributed by atoms with Gasteiger partial charge in [0.05, 0.1) is 11.5 Å². The Kier molecular flexibility index (Phi) is 4.76. The molecule has 0 bridgehead atoms. The molecular weight excluding hydrogens is 328 g/mol. The lowest BCUT2D eigenvalue weighted by molar-refractivity contribution is 0.0932. The van der Waals surface area contributed by atoms with Crippen LogP contribution in [-0.4, -0.2) is 54.9 Å². The number of aromatic nitrogens is 2. The summed E-state index contributed by atoms with van der Waals surface area (Å²) in [5.41, 5.74) is 0.345. The lowest BCUT2D eigenvalue weighted by Gasteiger charge is -2.25. The molecule has 3 rings (SSSR count). The molecule has 1 saturated heterocycles. The van der Waals surface area contributed by atoms with Crippen LogP contribution in [0.15, 0.2) is 6.07 Å². The van der Waals surface area contributed by atoms with Gasteiger partial charge in [-0.2, -0.15) is 0 Å². The van der Waals surface area contributed by atoms with Gasteiger partial charge in [-0.1, -0.05) is 12.8 Å². The minimum atomic E-state index is -2.97. The zero-order valence-corrected chi connectivity index (χ0v) is 15.0. The zero-order chi connectivity index (χ0) is 17.3. The van der Waals surface area contributed by atoms with Gasteiger partial charge in [-0.05, 0) is 26.2 Å². The first-order valence-electron chi connectivity index (χ1n) is 8.44. The molecule has 8 heteroatoms. The Bertz CT molecular complexity index is 729. The predicted molar refractivity (Wildman–Crippen MR) is 92.0 cm³/mol. The van der Waals surface area contributed by atoms with Gasteiger partial charge in [0, 0.05) is 25.2 Å². The van der Waals surface area contributed by atoms with Crippen LogP contribution in [0.5, 0.6) is 0 Å². The fourth-order valence-corrected chi connectivity index (χ4v) is 5.22. The van der Waals surface area contributed by atoms with E-state index in [1.165, 1.54) is 0 Å². The second-order valence-corrected chi connectivity index (χ2v) is 9.01. The predicted octanol–water partition coefficient (Wildman–Crippen LogP) is 1.08. The summed E-state index contributed by atoms with van der Waals surface area (Å²) >= 11 is 0. The molecule has 2 aliphatic rings. The van der Waals surface area contributed by atoms with E-state index in [1.807, 2.05) is 11.9 Å². The number of sulfone groups is 1. The van der Waals surface area contributed by atoms with Gasteiger partial charge < -0.3 is 10.2 Å². The molecule has 2 heterocycles. The van der Waals surface area contributed by atoms with Crippen molar-refractivity contribution < 1.29 is 13.2 Å². The highest BCUT2D eigenvalue weighted by molar-refractivity contribution is 7.91. The van der Waals surface area contributed by atoms with Gasteiger partial charge in [0.15, 0.2) is 9.84 Å². The van der Waals surface area contributed by atoms with Gasteiger partial charge in [0.25, 0.3) is 5.91 Å². The summed E-state index contributed by atoms with van der Waals surface area (Å²) in [7, 11) is -1.14. The van der Waals surface area contributed by atoms with Crippen molar-refractivity contribution >= 4 is 21.6 Å². The lowest BCUT2D eigenvalue weighted by atomic mass is 10.2. The molecular formula is C16H24N4O3S. The molecule has 1 amide bonds. The van der Waals surface area contributed by atoms with Crippen molar-refractivity contribution in [2.75, 3.05) is 23.5 Å². The van der Waals surface area contributed by atoms with Crippen LogP contribution in [0.1, 0.15) is 48.4 Å². The smallest absolute Gasteiger partial charge is 0.270 e. The van der Waals surface area contributed by atoms with Crippen LogP contribution in [0.2, 0.25) is 0 Å². The first-order chi connectivity index (χ1) is 11.3. The highest BCUT2D eigenvalue weighted by Gasteiger charge is 2.31. The minimum Gasteiger partial charge on any atom is -0.356 e. The van der Waals surface area contributed by atoms with E-state index in [-0.39, 0.29) is 29.5 Å². The number of anilines is 1.